The minimum atomic E-state index is -4.61. The highest BCUT2D eigenvalue weighted by Gasteiger charge is 2.31. The van der Waals surface area contributed by atoms with Gasteiger partial charge in [0, 0.05) is 23.3 Å². The van der Waals surface area contributed by atoms with Gasteiger partial charge in [-0.05, 0) is 43.3 Å². The number of carbonyl (C=O) groups is 1. The molecule has 0 bridgehead atoms. The van der Waals surface area contributed by atoms with Crippen LogP contribution in [0.1, 0.15) is 21.5 Å². The maximum atomic E-state index is 13.0. The Balaban J connectivity index is 2.00. The number of carbonyl (C=O) groups excluding carboxylic acids is 1. The van der Waals surface area contributed by atoms with Crippen molar-refractivity contribution in [3.05, 3.63) is 92.5 Å². The number of benzene rings is 3. The highest BCUT2D eigenvalue weighted by atomic mass is 35.5. The fourth-order valence-electron chi connectivity index (χ4n) is 2.85. The zero-order valence-electron chi connectivity index (χ0n) is 17.6. The van der Waals surface area contributed by atoms with E-state index in [9.17, 15) is 32.3 Å². The number of aryl methyl sites for hydroxylation is 1. The summed E-state index contributed by atoms with van der Waals surface area (Å²) in [5.41, 5.74) is -1.21. The van der Waals surface area contributed by atoms with Gasteiger partial charge in [0.15, 0.2) is 0 Å². The molecular formula is C22H16ClF3N2O5S. The first-order valence-corrected chi connectivity index (χ1v) is 11.7. The molecule has 0 heterocycles. The summed E-state index contributed by atoms with van der Waals surface area (Å²) < 4.78 is 60.6. The summed E-state index contributed by atoms with van der Waals surface area (Å²) in [7, 11) is -3.23. The summed E-state index contributed by atoms with van der Waals surface area (Å²) in [5, 5.41) is 11.1. The SMILES string of the molecule is Cc1ccc(S(C)(=O)=NC(=O)c2cc(Oc3ccc(C(F)(F)F)cc3Cl)ccc2[N+](=O)[O-])cc1. The lowest BCUT2D eigenvalue weighted by Crippen LogP contribution is -2.07. The Morgan fingerprint density at radius 2 is 1.74 bits per heavy atom. The Kier molecular flexibility index (Phi) is 6.99. The second-order valence-electron chi connectivity index (χ2n) is 7.19. The van der Waals surface area contributed by atoms with Gasteiger partial charge in [0.25, 0.3) is 11.6 Å². The van der Waals surface area contributed by atoms with Crippen molar-refractivity contribution >= 4 is 32.9 Å². The molecule has 34 heavy (non-hydrogen) atoms. The molecule has 3 rings (SSSR count). The summed E-state index contributed by atoms with van der Waals surface area (Å²) in [6, 6.07) is 11.9. The Morgan fingerprint density at radius 3 is 2.29 bits per heavy atom. The fourth-order valence-corrected chi connectivity index (χ4v) is 4.23. The van der Waals surface area contributed by atoms with Crippen LogP contribution in [-0.2, 0) is 15.9 Å². The fraction of sp³-hybridized carbons (Fsp3) is 0.136. The summed E-state index contributed by atoms with van der Waals surface area (Å²) in [4.78, 5) is 23.7. The third-order valence-electron chi connectivity index (χ3n) is 4.60. The smallest absolute Gasteiger partial charge is 0.416 e. The van der Waals surface area contributed by atoms with Crippen LogP contribution in [0, 0.1) is 17.0 Å². The van der Waals surface area contributed by atoms with E-state index in [0.29, 0.717) is 6.07 Å². The minimum absolute atomic E-state index is 0.122. The molecule has 7 nitrogen and oxygen atoms in total. The molecule has 0 radical (unpaired) electrons. The van der Waals surface area contributed by atoms with Crippen LogP contribution >= 0.6 is 11.6 Å². The summed E-state index contributed by atoms with van der Waals surface area (Å²) in [6.07, 6.45) is -3.38. The highest BCUT2D eigenvalue weighted by molar-refractivity contribution is 7.93. The molecular weight excluding hydrogens is 497 g/mol. The van der Waals surface area contributed by atoms with Gasteiger partial charge in [-0.1, -0.05) is 29.3 Å². The van der Waals surface area contributed by atoms with Crippen LogP contribution in [0.15, 0.2) is 69.9 Å². The largest absolute Gasteiger partial charge is 0.456 e. The quantitative estimate of drug-likeness (QED) is 0.281. The van der Waals surface area contributed by atoms with Gasteiger partial charge >= 0.3 is 6.18 Å². The van der Waals surface area contributed by atoms with Crippen LogP contribution in [0.3, 0.4) is 0 Å². The van der Waals surface area contributed by atoms with Crippen molar-refractivity contribution in [2.75, 3.05) is 6.26 Å². The number of rotatable bonds is 5. The van der Waals surface area contributed by atoms with Gasteiger partial charge < -0.3 is 4.74 Å². The van der Waals surface area contributed by atoms with Crippen molar-refractivity contribution in [2.24, 2.45) is 4.36 Å². The molecule has 3 aromatic carbocycles. The number of amides is 1. The molecule has 0 aliphatic heterocycles. The third kappa shape index (κ3) is 5.72. The summed E-state index contributed by atoms with van der Waals surface area (Å²) in [6.45, 7) is 1.82. The lowest BCUT2D eigenvalue weighted by atomic mass is 10.1. The maximum Gasteiger partial charge on any atom is 0.416 e. The molecule has 178 valence electrons. The highest BCUT2D eigenvalue weighted by Crippen LogP contribution is 2.37. The average Bonchev–Trinajstić information content (AvgIpc) is 2.74. The van der Waals surface area contributed by atoms with Gasteiger partial charge in [-0.15, -0.1) is 0 Å². The van der Waals surface area contributed by atoms with Crippen LogP contribution in [0.5, 0.6) is 11.5 Å². The standard InChI is InChI=1S/C22H16ClF3N2O5S/c1-13-3-7-16(8-4-13)34(2,32)27-21(29)17-12-15(6-9-19(17)28(30)31)33-20-10-5-14(11-18(20)23)22(24,25)26/h3-12H,1-2H3. The number of halogens is 4. The van der Waals surface area contributed by atoms with Gasteiger partial charge in [-0.3, -0.25) is 14.9 Å². The van der Waals surface area contributed by atoms with Crippen LogP contribution < -0.4 is 4.74 Å². The number of hydrogen-bond acceptors (Lipinski definition) is 5. The molecule has 12 heteroatoms. The summed E-state index contributed by atoms with van der Waals surface area (Å²) >= 11 is 5.88. The zero-order valence-corrected chi connectivity index (χ0v) is 19.2. The Labute approximate surface area is 197 Å². The van der Waals surface area contributed by atoms with Gasteiger partial charge in [0.2, 0.25) is 0 Å². The molecule has 0 N–H and O–H groups in total. The first-order chi connectivity index (χ1) is 15.8. The first-order valence-electron chi connectivity index (χ1n) is 9.44. The van der Waals surface area contributed by atoms with Gasteiger partial charge in [-0.25, -0.2) is 4.21 Å². The van der Waals surface area contributed by atoms with Crippen LogP contribution in [0.25, 0.3) is 0 Å². The topological polar surface area (TPSA) is 98.9 Å². The van der Waals surface area contributed by atoms with E-state index >= 15 is 0 Å². The molecule has 1 unspecified atom stereocenters. The number of hydrogen-bond donors (Lipinski definition) is 0. The summed E-state index contributed by atoms with van der Waals surface area (Å²) in [5.74, 6) is -1.41. The van der Waals surface area contributed by atoms with Crippen LogP contribution in [0.2, 0.25) is 5.02 Å². The monoisotopic (exact) mass is 512 g/mol. The molecule has 1 amide bonds. The van der Waals surface area contributed by atoms with Crippen molar-refractivity contribution in [3.63, 3.8) is 0 Å². The number of alkyl halides is 3. The molecule has 1 atom stereocenters. The third-order valence-corrected chi connectivity index (χ3v) is 6.55. The average molecular weight is 513 g/mol. The van der Waals surface area contributed by atoms with E-state index in [0.717, 1.165) is 35.9 Å². The first kappa shape index (κ1) is 25.2. The van der Waals surface area contributed by atoms with E-state index in [1.807, 2.05) is 6.92 Å². The second-order valence-corrected chi connectivity index (χ2v) is 9.86. The predicted molar refractivity (Wildman–Crippen MR) is 120 cm³/mol. The lowest BCUT2D eigenvalue weighted by Gasteiger charge is -2.12. The molecule has 0 aromatic heterocycles. The molecule has 0 aliphatic carbocycles. The number of nitrogens with zero attached hydrogens (tertiary/aromatic N) is 2. The predicted octanol–water partition coefficient (Wildman–Crippen LogP) is 6.66. The van der Waals surface area contributed by atoms with Crippen molar-refractivity contribution in [1.82, 2.24) is 0 Å². The molecule has 0 saturated carbocycles. The van der Waals surface area contributed by atoms with Gasteiger partial charge in [-0.2, -0.15) is 17.5 Å². The van der Waals surface area contributed by atoms with E-state index in [1.165, 1.54) is 18.4 Å². The van der Waals surface area contributed by atoms with E-state index in [1.54, 1.807) is 12.1 Å². The van der Waals surface area contributed by atoms with Gasteiger partial charge in [0.05, 0.1) is 25.2 Å². The van der Waals surface area contributed by atoms with Crippen LogP contribution in [0.4, 0.5) is 18.9 Å². The molecule has 0 aliphatic rings. The number of nitro groups is 1. The molecule has 0 spiro atoms. The van der Waals surface area contributed by atoms with Crippen molar-refractivity contribution in [2.45, 2.75) is 18.0 Å². The van der Waals surface area contributed by atoms with Crippen molar-refractivity contribution < 1.29 is 31.8 Å². The number of nitro benzene ring substituents is 1. The molecule has 3 aromatic rings. The lowest BCUT2D eigenvalue weighted by molar-refractivity contribution is -0.385. The van der Waals surface area contributed by atoms with E-state index in [-0.39, 0.29) is 21.4 Å². The van der Waals surface area contributed by atoms with E-state index in [2.05, 4.69) is 4.36 Å². The Morgan fingerprint density at radius 1 is 1.09 bits per heavy atom. The molecule has 0 saturated heterocycles. The maximum absolute atomic E-state index is 13.0. The normalized spacial score (nSPS) is 13.1. The van der Waals surface area contributed by atoms with Crippen molar-refractivity contribution in [1.29, 1.82) is 0 Å². The van der Waals surface area contributed by atoms with Gasteiger partial charge in [0.1, 0.15) is 17.1 Å². The Hall–Kier alpha value is -3.44. The number of ether oxygens (including phenoxy) is 1. The van der Waals surface area contributed by atoms with Crippen molar-refractivity contribution in [3.8, 4) is 11.5 Å². The molecule has 0 fully saturated rings. The van der Waals surface area contributed by atoms with E-state index in [4.69, 9.17) is 16.3 Å². The Bertz CT molecular complexity index is 1400. The van der Waals surface area contributed by atoms with E-state index < -0.39 is 43.6 Å². The zero-order chi connectivity index (χ0) is 25.3. The minimum Gasteiger partial charge on any atom is -0.456 e. The second kappa shape index (κ2) is 9.43. The van der Waals surface area contributed by atoms with Crippen LogP contribution in [-0.4, -0.2) is 21.3 Å².